The fraction of sp³-hybridized carbons (Fsp3) is 0.250. The molecular weight excluding hydrogens is 296 g/mol. The Morgan fingerprint density at radius 1 is 1.35 bits per heavy atom. The molecule has 1 unspecified atom stereocenters. The van der Waals surface area contributed by atoms with Crippen LogP contribution in [0.3, 0.4) is 0 Å². The molecule has 0 spiro atoms. The number of H-pyrrole nitrogens is 1. The summed E-state index contributed by atoms with van der Waals surface area (Å²) in [7, 11) is 0. The highest BCUT2D eigenvalue weighted by molar-refractivity contribution is 5.76. The molecule has 0 aliphatic carbocycles. The van der Waals surface area contributed by atoms with Crippen molar-refractivity contribution in [2.45, 2.75) is 25.8 Å². The number of hydrogen-bond acceptors (Lipinski definition) is 5. The van der Waals surface area contributed by atoms with Gasteiger partial charge < -0.3 is 14.9 Å². The fourth-order valence-electron chi connectivity index (χ4n) is 2.47. The molecule has 2 aromatic heterocycles. The van der Waals surface area contributed by atoms with Gasteiger partial charge in [0, 0.05) is 6.20 Å². The van der Waals surface area contributed by atoms with Gasteiger partial charge in [0.2, 0.25) is 0 Å². The van der Waals surface area contributed by atoms with Crippen molar-refractivity contribution < 1.29 is 9.90 Å². The minimum absolute atomic E-state index is 0.0787. The lowest BCUT2D eigenvalue weighted by Crippen LogP contribution is -2.31. The average molecular weight is 311 g/mol. The molecule has 0 amide bonds. The van der Waals surface area contributed by atoms with Gasteiger partial charge in [0.1, 0.15) is 11.2 Å². The van der Waals surface area contributed by atoms with Crippen molar-refractivity contribution in [3.63, 3.8) is 0 Å². The van der Waals surface area contributed by atoms with Crippen molar-refractivity contribution in [3.8, 4) is 0 Å². The van der Waals surface area contributed by atoms with E-state index in [0.29, 0.717) is 11.9 Å². The molecule has 0 saturated carbocycles. The SMILES string of the molecule is CCC(C(=O)[O-])c1nc2nn(Cc3ccccc3)cc2c(=O)[nH]1. The van der Waals surface area contributed by atoms with E-state index in [4.69, 9.17) is 0 Å². The Balaban J connectivity index is 2.01. The van der Waals surface area contributed by atoms with Crippen molar-refractivity contribution in [2.75, 3.05) is 0 Å². The average Bonchev–Trinajstić information content (AvgIpc) is 2.92. The van der Waals surface area contributed by atoms with E-state index < -0.39 is 17.4 Å². The van der Waals surface area contributed by atoms with Crippen LogP contribution < -0.4 is 10.7 Å². The Bertz CT molecular complexity index is 899. The second-order valence-electron chi connectivity index (χ2n) is 5.28. The zero-order valence-electron chi connectivity index (χ0n) is 12.5. The third kappa shape index (κ3) is 2.98. The molecule has 3 aromatic rings. The molecule has 0 bridgehead atoms. The Labute approximate surface area is 131 Å². The van der Waals surface area contributed by atoms with Crippen LogP contribution in [0.4, 0.5) is 0 Å². The Morgan fingerprint density at radius 3 is 2.74 bits per heavy atom. The summed E-state index contributed by atoms with van der Waals surface area (Å²) in [5, 5.41) is 15.7. The van der Waals surface area contributed by atoms with Crippen LogP contribution >= 0.6 is 0 Å². The third-order valence-corrected chi connectivity index (χ3v) is 3.67. The summed E-state index contributed by atoms with van der Waals surface area (Å²) < 4.78 is 1.62. The van der Waals surface area contributed by atoms with Gasteiger partial charge in [-0.3, -0.25) is 9.48 Å². The molecule has 1 aromatic carbocycles. The molecule has 0 saturated heterocycles. The maximum Gasteiger partial charge on any atom is 0.262 e. The topological polar surface area (TPSA) is 104 Å². The molecule has 0 radical (unpaired) electrons. The van der Waals surface area contributed by atoms with Crippen LogP contribution in [0.25, 0.3) is 11.0 Å². The summed E-state index contributed by atoms with van der Waals surface area (Å²) in [5.41, 5.74) is 0.876. The van der Waals surface area contributed by atoms with Crippen LogP contribution in [-0.2, 0) is 11.3 Å². The molecular formula is C16H15N4O3-. The highest BCUT2D eigenvalue weighted by Gasteiger charge is 2.16. The predicted molar refractivity (Wildman–Crippen MR) is 81.7 cm³/mol. The molecule has 2 heterocycles. The summed E-state index contributed by atoms with van der Waals surface area (Å²) in [6.07, 6.45) is 1.89. The van der Waals surface area contributed by atoms with Crippen LogP contribution in [0.1, 0.15) is 30.7 Å². The number of aliphatic carboxylic acids is 1. The maximum atomic E-state index is 12.1. The molecule has 0 aliphatic heterocycles. The lowest BCUT2D eigenvalue weighted by molar-refractivity contribution is -0.308. The number of nitrogens with zero attached hydrogens (tertiary/aromatic N) is 3. The number of carbonyl (C=O) groups excluding carboxylic acids is 1. The summed E-state index contributed by atoms with van der Waals surface area (Å²) in [4.78, 5) is 30.0. The minimum atomic E-state index is -1.27. The van der Waals surface area contributed by atoms with E-state index in [1.165, 1.54) is 0 Å². The van der Waals surface area contributed by atoms with E-state index in [0.717, 1.165) is 5.56 Å². The summed E-state index contributed by atoms with van der Waals surface area (Å²) in [6.45, 7) is 2.20. The zero-order chi connectivity index (χ0) is 16.4. The van der Waals surface area contributed by atoms with Crippen LogP contribution in [0.15, 0.2) is 41.3 Å². The standard InChI is InChI=1S/C16H16N4O3/c1-2-11(16(22)23)13-17-14-12(15(21)18-13)9-20(19-14)8-10-6-4-3-5-7-10/h3-7,9,11H,2,8H2,1H3,(H,22,23)(H,17,18,19,21)/p-1. The molecule has 7 heteroatoms. The van der Waals surface area contributed by atoms with Gasteiger partial charge in [-0.1, -0.05) is 37.3 Å². The molecule has 1 N–H and O–H groups in total. The number of nitrogens with one attached hydrogen (secondary N) is 1. The van der Waals surface area contributed by atoms with Gasteiger partial charge in [0.15, 0.2) is 5.65 Å². The Hall–Kier alpha value is -2.96. The van der Waals surface area contributed by atoms with Gasteiger partial charge in [-0.2, -0.15) is 5.10 Å². The van der Waals surface area contributed by atoms with E-state index in [1.807, 2.05) is 30.3 Å². The monoisotopic (exact) mass is 311 g/mol. The Kier molecular flexibility index (Phi) is 3.92. The number of hydrogen-bond donors (Lipinski definition) is 1. The van der Waals surface area contributed by atoms with E-state index in [-0.39, 0.29) is 17.9 Å². The fourth-order valence-corrected chi connectivity index (χ4v) is 2.47. The number of carbonyl (C=O) groups is 1. The number of benzene rings is 1. The molecule has 23 heavy (non-hydrogen) atoms. The van der Waals surface area contributed by atoms with Crippen LogP contribution in [0.2, 0.25) is 0 Å². The van der Waals surface area contributed by atoms with Gasteiger partial charge in [0.05, 0.1) is 18.4 Å². The zero-order valence-corrected chi connectivity index (χ0v) is 12.5. The molecule has 0 aliphatic rings. The van der Waals surface area contributed by atoms with E-state index in [1.54, 1.807) is 17.8 Å². The Morgan fingerprint density at radius 2 is 2.09 bits per heavy atom. The van der Waals surface area contributed by atoms with Gasteiger partial charge in [-0.15, -0.1) is 0 Å². The second kappa shape index (κ2) is 6.04. The number of aromatic nitrogens is 4. The second-order valence-corrected chi connectivity index (χ2v) is 5.28. The van der Waals surface area contributed by atoms with Crippen LogP contribution in [0, 0.1) is 0 Å². The number of rotatable bonds is 5. The molecule has 7 nitrogen and oxygen atoms in total. The lowest BCUT2D eigenvalue weighted by atomic mass is 10.1. The van der Waals surface area contributed by atoms with Crippen LogP contribution in [-0.4, -0.2) is 25.7 Å². The van der Waals surface area contributed by atoms with Crippen molar-refractivity contribution in [2.24, 2.45) is 0 Å². The van der Waals surface area contributed by atoms with Crippen molar-refractivity contribution in [1.29, 1.82) is 0 Å². The minimum Gasteiger partial charge on any atom is -0.549 e. The first-order chi connectivity index (χ1) is 11.1. The highest BCUT2D eigenvalue weighted by atomic mass is 16.4. The van der Waals surface area contributed by atoms with Gasteiger partial charge >= 0.3 is 0 Å². The summed E-state index contributed by atoms with van der Waals surface area (Å²) in [5.74, 6) is -2.14. The van der Waals surface area contributed by atoms with Crippen molar-refractivity contribution >= 4 is 17.0 Å². The number of carboxylic acid groups (broad SMARTS) is 1. The number of aromatic amines is 1. The first-order valence-electron chi connectivity index (χ1n) is 7.30. The van der Waals surface area contributed by atoms with E-state index in [9.17, 15) is 14.7 Å². The van der Waals surface area contributed by atoms with Crippen molar-refractivity contribution in [3.05, 3.63) is 58.3 Å². The van der Waals surface area contributed by atoms with Crippen molar-refractivity contribution in [1.82, 2.24) is 19.7 Å². The normalized spacial score (nSPS) is 12.4. The highest BCUT2D eigenvalue weighted by Crippen LogP contribution is 2.15. The predicted octanol–water partition coefficient (Wildman–Crippen LogP) is 0.411. The van der Waals surface area contributed by atoms with E-state index >= 15 is 0 Å². The number of fused-ring (bicyclic) bond motifs is 1. The summed E-state index contributed by atoms with van der Waals surface area (Å²) in [6, 6.07) is 9.69. The maximum absolute atomic E-state index is 12.1. The first-order valence-corrected chi connectivity index (χ1v) is 7.30. The largest absolute Gasteiger partial charge is 0.549 e. The third-order valence-electron chi connectivity index (χ3n) is 3.67. The van der Waals surface area contributed by atoms with Gasteiger partial charge in [0.25, 0.3) is 5.56 Å². The molecule has 3 rings (SSSR count). The number of carboxylic acids is 1. The summed E-state index contributed by atoms with van der Waals surface area (Å²) >= 11 is 0. The van der Waals surface area contributed by atoms with Crippen LogP contribution in [0.5, 0.6) is 0 Å². The van der Waals surface area contributed by atoms with E-state index in [2.05, 4.69) is 15.1 Å². The molecule has 1 atom stereocenters. The molecule has 0 fully saturated rings. The first kappa shape index (κ1) is 15.0. The van der Waals surface area contributed by atoms with Gasteiger partial charge in [-0.05, 0) is 12.0 Å². The van der Waals surface area contributed by atoms with Gasteiger partial charge in [-0.25, -0.2) is 4.98 Å². The lowest BCUT2D eigenvalue weighted by Gasteiger charge is -2.14. The molecule has 118 valence electrons. The smallest absolute Gasteiger partial charge is 0.262 e. The quantitative estimate of drug-likeness (QED) is 0.735.